The molecule has 0 saturated heterocycles. The van der Waals surface area contributed by atoms with Gasteiger partial charge in [0.05, 0.1) is 20.1 Å². The van der Waals surface area contributed by atoms with Crippen LogP contribution in [-0.4, -0.2) is 48.7 Å². The Morgan fingerprint density at radius 3 is 2.48 bits per heavy atom. The molecule has 0 saturated carbocycles. The molecule has 0 bridgehead atoms. The van der Waals surface area contributed by atoms with Crippen molar-refractivity contribution in [2.75, 3.05) is 14.2 Å². The van der Waals surface area contributed by atoms with Crippen LogP contribution in [0.3, 0.4) is 0 Å². The number of rotatable bonds is 3. The van der Waals surface area contributed by atoms with Crippen molar-refractivity contribution in [3.8, 4) is 34.5 Å². The molecule has 4 atom stereocenters. The first-order valence-corrected chi connectivity index (χ1v) is 9.86. The van der Waals surface area contributed by atoms with Crippen molar-refractivity contribution in [1.29, 1.82) is 0 Å². The summed E-state index contributed by atoms with van der Waals surface area (Å²) in [5.74, 6) is 0.260. The molecule has 162 valence electrons. The lowest BCUT2D eigenvalue weighted by atomic mass is 9.80. The van der Waals surface area contributed by atoms with Gasteiger partial charge >= 0.3 is 0 Å². The minimum Gasteiger partial charge on any atom is -0.507 e. The highest BCUT2D eigenvalue weighted by Gasteiger charge is 2.50. The second-order valence-corrected chi connectivity index (χ2v) is 7.91. The van der Waals surface area contributed by atoms with Gasteiger partial charge in [0, 0.05) is 29.7 Å². The van der Waals surface area contributed by atoms with E-state index in [9.17, 15) is 15.0 Å². The molecule has 31 heavy (non-hydrogen) atoms. The molecule has 0 fully saturated rings. The molecular weight excluding hydrogens is 404 g/mol. The Morgan fingerprint density at radius 1 is 1.10 bits per heavy atom. The molecule has 5 rings (SSSR count). The van der Waals surface area contributed by atoms with Crippen molar-refractivity contribution in [3.05, 3.63) is 47.0 Å². The molecule has 3 aliphatic heterocycles. The van der Waals surface area contributed by atoms with Gasteiger partial charge in [-0.05, 0) is 18.6 Å². The second-order valence-electron chi connectivity index (χ2n) is 7.91. The highest BCUT2D eigenvalue weighted by molar-refractivity contribution is 6.08. The first-order chi connectivity index (χ1) is 14.8. The fraction of sp³-hybridized carbons (Fsp3) is 0.348. The number of ether oxygens (including phenoxy) is 5. The monoisotopic (exact) mass is 426 g/mol. The van der Waals surface area contributed by atoms with Crippen molar-refractivity contribution >= 4 is 5.78 Å². The molecule has 0 unspecified atom stereocenters. The number of benzene rings is 2. The predicted molar refractivity (Wildman–Crippen MR) is 109 cm³/mol. The first kappa shape index (κ1) is 19.6. The molecular formula is C23H22O8. The maximum atomic E-state index is 13.6. The number of aliphatic hydroxyl groups excluding tert-OH is 1. The minimum absolute atomic E-state index is 0.0702. The van der Waals surface area contributed by atoms with Gasteiger partial charge in [0.25, 0.3) is 0 Å². The van der Waals surface area contributed by atoms with E-state index in [2.05, 4.69) is 6.58 Å². The zero-order valence-electron chi connectivity index (χ0n) is 17.3. The third-order valence-corrected chi connectivity index (χ3v) is 6.02. The molecule has 2 aromatic carbocycles. The fourth-order valence-corrected chi connectivity index (χ4v) is 4.45. The third-order valence-electron chi connectivity index (χ3n) is 6.02. The maximum absolute atomic E-state index is 13.6. The number of aliphatic hydroxyl groups is 1. The Labute approximate surface area is 178 Å². The Hall–Kier alpha value is -3.39. The Morgan fingerprint density at radius 2 is 1.81 bits per heavy atom. The number of carbonyl (C=O) groups excluding carboxylic acids is 1. The summed E-state index contributed by atoms with van der Waals surface area (Å²) in [5.41, 5.74) is 2.04. The topological polar surface area (TPSA) is 104 Å². The Bertz CT molecular complexity index is 1120. The van der Waals surface area contributed by atoms with Crippen LogP contribution in [0.2, 0.25) is 0 Å². The highest BCUT2D eigenvalue weighted by Crippen LogP contribution is 2.53. The quantitative estimate of drug-likeness (QED) is 0.722. The molecule has 0 aromatic heterocycles. The van der Waals surface area contributed by atoms with E-state index in [-0.39, 0.29) is 34.7 Å². The van der Waals surface area contributed by atoms with Crippen LogP contribution in [0, 0.1) is 0 Å². The van der Waals surface area contributed by atoms with Crippen LogP contribution in [0.1, 0.15) is 34.3 Å². The van der Waals surface area contributed by atoms with Crippen molar-refractivity contribution in [1.82, 2.24) is 0 Å². The standard InChI is InChI=1S/C23H22O8/c1-9(2)13-6-11-14(29-13)7-12(24)19-20(25)18-10-5-16(27-3)17(28-4)8-15(10)30-23(26)22(18)31-21(11)19/h5,7-8,13,18,22-24,26H,1,6H2,2-4H3/t13-,18-,22+,23+/m1/s1. The SMILES string of the molecule is C=C(C)[C@H]1Cc2c(cc(O)c3c2O[C@@H]2[C@@H](O)Oc4cc(OC)c(OC)cc4[C@@H]2C3=O)O1. The van der Waals surface area contributed by atoms with Crippen LogP contribution in [0.4, 0.5) is 0 Å². The summed E-state index contributed by atoms with van der Waals surface area (Å²) >= 11 is 0. The van der Waals surface area contributed by atoms with E-state index in [1.165, 1.54) is 20.3 Å². The lowest BCUT2D eigenvalue weighted by Gasteiger charge is -2.40. The molecule has 8 heteroatoms. The number of Topliss-reactive ketones (excluding diaryl/α,β-unsaturated/α-hetero) is 1. The van der Waals surface area contributed by atoms with E-state index in [0.29, 0.717) is 34.8 Å². The van der Waals surface area contributed by atoms with E-state index in [4.69, 9.17) is 23.7 Å². The summed E-state index contributed by atoms with van der Waals surface area (Å²) in [4.78, 5) is 13.6. The molecule has 0 aliphatic carbocycles. The van der Waals surface area contributed by atoms with Gasteiger partial charge < -0.3 is 33.9 Å². The fourth-order valence-electron chi connectivity index (χ4n) is 4.45. The van der Waals surface area contributed by atoms with Crippen molar-refractivity contribution in [2.24, 2.45) is 0 Å². The van der Waals surface area contributed by atoms with E-state index in [0.717, 1.165) is 5.57 Å². The number of phenolic OH excluding ortho intramolecular Hbond substituents is 1. The van der Waals surface area contributed by atoms with Gasteiger partial charge in [-0.15, -0.1) is 0 Å². The molecule has 3 aliphatic rings. The summed E-state index contributed by atoms with van der Waals surface area (Å²) < 4.78 is 28.3. The maximum Gasteiger partial charge on any atom is 0.235 e. The molecule has 3 heterocycles. The van der Waals surface area contributed by atoms with Crippen molar-refractivity contribution in [3.63, 3.8) is 0 Å². The molecule has 2 aromatic rings. The summed E-state index contributed by atoms with van der Waals surface area (Å²) in [6.07, 6.45) is -2.22. The van der Waals surface area contributed by atoms with Crippen molar-refractivity contribution < 1.29 is 38.7 Å². The zero-order chi connectivity index (χ0) is 22.0. The van der Waals surface area contributed by atoms with Gasteiger partial charge in [0.1, 0.15) is 34.7 Å². The lowest BCUT2D eigenvalue weighted by Crippen LogP contribution is -2.49. The second kappa shape index (κ2) is 6.81. The molecule has 0 spiro atoms. The Balaban J connectivity index is 1.65. The number of ketones is 1. The average Bonchev–Trinajstić information content (AvgIpc) is 3.17. The summed E-state index contributed by atoms with van der Waals surface area (Å²) in [6.45, 7) is 5.77. The van der Waals surface area contributed by atoms with Crippen molar-refractivity contribution in [2.45, 2.75) is 37.8 Å². The van der Waals surface area contributed by atoms with Crippen LogP contribution in [0.15, 0.2) is 30.4 Å². The zero-order valence-corrected chi connectivity index (χ0v) is 17.3. The summed E-state index contributed by atoms with van der Waals surface area (Å²) in [7, 11) is 2.97. The molecule has 0 radical (unpaired) electrons. The lowest BCUT2D eigenvalue weighted by molar-refractivity contribution is -0.112. The average molecular weight is 426 g/mol. The van der Waals surface area contributed by atoms with Gasteiger partial charge in [0.15, 0.2) is 23.4 Å². The normalized spacial score (nSPS) is 25.1. The van der Waals surface area contributed by atoms with Crippen LogP contribution >= 0.6 is 0 Å². The molecule has 8 nitrogen and oxygen atoms in total. The summed E-state index contributed by atoms with van der Waals surface area (Å²) in [6, 6.07) is 4.63. The van der Waals surface area contributed by atoms with Gasteiger partial charge in [-0.1, -0.05) is 6.58 Å². The smallest absolute Gasteiger partial charge is 0.235 e. The predicted octanol–water partition coefficient (Wildman–Crippen LogP) is 2.73. The van der Waals surface area contributed by atoms with E-state index >= 15 is 0 Å². The number of methoxy groups -OCH3 is 2. The molecule has 2 N–H and O–H groups in total. The van der Waals surface area contributed by atoms with Crippen LogP contribution < -0.4 is 23.7 Å². The number of phenols is 1. The largest absolute Gasteiger partial charge is 0.507 e. The highest BCUT2D eigenvalue weighted by atomic mass is 16.6. The minimum atomic E-state index is -1.40. The van der Waals surface area contributed by atoms with Gasteiger partial charge in [-0.3, -0.25) is 4.79 Å². The third kappa shape index (κ3) is 2.75. The van der Waals surface area contributed by atoms with E-state index in [1.807, 2.05) is 6.92 Å². The first-order valence-electron chi connectivity index (χ1n) is 9.86. The number of fused-ring (bicyclic) bond motifs is 6. The van der Waals surface area contributed by atoms with Gasteiger partial charge in [-0.2, -0.15) is 0 Å². The number of hydrogen-bond acceptors (Lipinski definition) is 8. The molecule has 0 amide bonds. The number of hydrogen-bond donors (Lipinski definition) is 2. The Kier molecular flexibility index (Phi) is 4.30. The van der Waals surface area contributed by atoms with Crippen LogP contribution in [-0.2, 0) is 6.42 Å². The number of carbonyl (C=O) groups is 1. The van der Waals surface area contributed by atoms with Gasteiger partial charge in [-0.25, -0.2) is 0 Å². The van der Waals surface area contributed by atoms with Crippen LogP contribution in [0.5, 0.6) is 34.5 Å². The van der Waals surface area contributed by atoms with Crippen LogP contribution in [0.25, 0.3) is 0 Å². The van der Waals surface area contributed by atoms with E-state index < -0.39 is 18.3 Å². The van der Waals surface area contributed by atoms with Gasteiger partial charge in [0.2, 0.25) is 6.29 Å². The summed E-state index contributed by atoms with van der Waals surface area (Å²) in [5, 5.41) is 21.3. The number of aromatic hydroxyl groups is 1. The van der Waals surface area contributed by atoms with E-state index in [1.54, 1.807) is 12.1 Å².